The van der Waals surface area contributed by atoms with Crippen molar-refractivity contribution in [2.24, 2.45) is 0 Å². The van der Waals surface area contributed by atoms with E-state index in [0.717, 1.165) is 43.8 Å². The van der Waals surface area contributed by atoms with Gasteiger partial charge < -0.3 is 14.4 Å². The van der Waals surface area contributed by atoms with Crippen molar-refractivity contribution in [3.05, 3.63) is 39.4 Å². The lowest BCUT2D eigenvalue weighted by atomic mass is 10.0. The molecule has 4 nitrogen and oxygen atoms in total. The SMILES string of the molecule is CCn1cc(C)c(=O)c2cc(F)c(N3CCN(C)CC3)c(C)c21. The molecule has 2 aromatic rings. The number of rotatable bonds is 2. The van der Waals surface area contributed by atoms with Crippen LogP contribution in [0.2, 0.25) is 0 Å². The number of halogens is 1. The molecule has 0 bridgehead atoms. The van der Waals surface area contributed by atoms with E-state index in [-0.39, 0.29) is 11.2 Å². The van der Waals surface area contributed by atoms with Gasteiger partial charge in [-0.15, -0.1) is 0 Å². The van der Waals surface area contributed by atoms with Crippen LogP contribution in [-0.2, 0) is 6.54 Å². The highest BCUT2D eigenvalue weighted by Crippen LogP contribution is 2.31. The van der Waals surface area contributed by atoms with Gasteiger partial charge in [0.1, 0.15) is 5.82 Å². The molecule has 0 N–H and O–H groups in total. The Hall–Kier alpha value is -1.88. The number of piperazine rings is 1. The third kappa shape index (κ3) is 2.63. The molecule has 2 heterocycles. The van der Waals surface area contributed by atoms with E-state index in [1.807, 2.05) is 20.0 Å². The number of hydrogen-bond donors (Lipinski definition) is 0. The lowest BCUT2D eigenvalue weighted by Gasteiger charge is -2.35. The van der Waals surface area contributed by atoms with Crippen molar-refractivity contribution in [3.8, 4) is 0 Å². The largest absolute Gasteiger partial charge is 0.366 e. The average Bonchev–Trinajstić information content (AvgIpc) is 2.52. The van der Waals surface area contributed by atoms with Crippen LogP contribution >= 0.6 is 0 Å². The molecule has 5 heteroatoms. The summed E-state index contributed by atoms with van der Waals surface area (Å²) in [5.74, 6) is -0.287. The zero-order valence-electron chi connectivity index (χ0n) is 14.3. The van der Waals surface area contributed by atoms with Gasteiger partial charge in [0.05, 0.1) is 11.2 Å². The molecule has 0 saturated carbocycles. The molecule has 1 aliphatic heterocycles. The van der Waals surface area contributed by atoms with Crippen LogP contribution in [0.4, 0.5) is 10.1 Å². The molecule has 0 spiro atoms. The maximum absolute atomic E-state index is 14.8. The maximum atomic E-state index is 14.8. The number of likely N-dealkylation sites (N-methyl/N-ethyl adjacent to an activating group) is 1. The number of aromatic nitrogens is 1. The summed E-state index contributed by atoms with van der Waals surface area (Å²) in [6.07, 6.45) is 1.88. The second kappa shape index (κ2) is 5.96. The zero-order valence-corrected chi connectivity index (χ0v) is 14.3. The second-order valence-corrected chi connectivity index (χ2v) is 6.45. The minimum Gasteiger partial charge on any atom is -0.366 e. The molecule has 0 amide bonds. The maximum Gasteiger partial charge on any atom is 0.192 e. The normalized spacial score (nSPS) is 16.3. The Morgan fingerprint density at radius 3 is 2.43 bits per heavy atom. The minimum atomic E-state index is -0.287. The fraction of sp³-hybridized carbons (Fsp3) is 0.500. The van der Waals surface area contributed by atoms with E-state index in [1.54, 1.807) is 6.92 Å². The summed E-state index contributed by atoms with van der Waals surface area (Å²) in [7, 11) is 2.08. The van der Waals surface area contributed by atoms with E-state index in [9.17, 15) is 9.18 Å². The monoisotopic (exact) mass is 317 g/mol. The molecule has 1 aliphatic rings. The van der Waals surface area contributed by atoms with Gasteiger partial charge in [0.2, 0.25) is 0 Å². The summed E-state index contributed by atoms with van der Waals surface area (Å²) in [4.78, 5) is 16.8. The molecule has 0 unspecified atom stereocenters. The average molecular weight is 317 g/mol. The Morgan fingerprint density at radius 2 is 1.83 bits per heavy atom. The fourth-order valence-corrected chi connectivity index (χ4v) is 3.54. The van der Waals surface area contributed by atoms with Crippen LogP contribution in [0.25, 0.3) is 10.9 Å². The molecule has 1 saturated heterocycles. The highest BCUT2D eigenvalue weighted by molar-refractivity contribution is 5.88. The predicted molar refractivity (Wildman–Crippen MR) is 93.0 cm³/mol. The van der Waals surface area contributed by atoms with Crippen LogP contribution in [0, 0.1) is 19.7 Å². The van der Waals surface area contributed by atoms with Crippen LogP contribution in [0.1, 0.15) is 18.1 Å². The van der Waals surface area contributed by atoms with E-state index < -0.39 is 0 Å². The number of fused-ring (bicyclic) bond motifs is 1. The molecule has 1 aromatic carbocycles. The number of pyridine rings is 1. The van der Waals surface area contributed by atoms with Crippen molar-refractivity contribution in [3.63, 3.8) is 0 Å². The van der Waals surface area contributed by atoms with E-state index in [1.165, 1.54) is 6.07 Å². The Kier molecular flexibility index (Phi) is 4.15. The zero-order chi connectivity index (χ0) is 16.7. The Labute approximate surface area is 136 Å². The summed E-state index contributed by atoms with van der Waals surface area (Å²) in [5.41, 5.74) is 2.96. The van der Waals surface area contributed by atoms with Crippen molar-refractivity contribution < 1.29 is 4.39 Å². The van der Waals surface area contributed by atoms with E-state index in [2.05, 4.69) is 21.4 Å². The van der Waals surface area contributed by atoms with Gasteiger partial charge in [-0.05, 0) is 39.4 Å². The van der Waals surface area contributed by atoms with Gasteiger partial charge in [-0.25, -0.2) is 4.39 Å². The fourth-order valence-electron chi connectivity index (χ4n) is 3.54. The molecule has 0 radical (unpaired) electrons. The van der Waals surface area contributed by atoms with Crippen molar-refractivity contribution in [2.75, 3.05) is 38.1 Å². The van der Waals surface area contributed by atoms with Crippen molar-refractivity contribution in [2.45, 2.75) is 27.3 Å². The lowest BCUT2D eigenvalue weighted by Crippen LogP contribution is -2.45. The van der Waals surface area contributed by atoms with Gasteiger partial charge in [-0.1, -0.05) is 0 Å². The summed E-state index contributed by atoms with van der Waals surface area (Å²) < 4.78 is 16.9. The number of anilines is 1. The lowest BCUT2D eigenvalue weighted by molar-refractivity contribution is 0.311. The van der Waals surface area contributed by atoms with Crippen LogP contribution in [-0.4, -0.2) is 42.7 Å². The molecule has 124 valence electrons. The van der Waals surface area contributed by atoms with E-state index >= 15 is 0 Å². The van der Waals surface area contributed by atoms with Crippen LogP contribution < -0.4 is 10.3 Å². The minimum absolute atomic E-state index is 0.0726. The number of hydrogen-bond acceptors (Lipinski definition) is 3. The van der Waals surface area contributed by atoms with Gasteiger partial charge >= 0.3 is 0 Å². The quantitative estimate of drug-likeness (QED) is 0.852. The number of aryl methyl sites for hydroxylation is 3. The van der Waals surface area contributed by atoms with Crippen molar-refractivity contribution in [1.29, 1.82) is 0 Å². The van der Waals surface area contributed by atoms with Gasteiger partial charge in [-0.2, -0.15) is 0 Å². The summed E-state index contributed by atoms with van der Waals surface area (Å²) in [5, 5.41) is 0.486. The number of benzene rings is 1. The smallest absolute Gasteiger partial charge is 0.192 e. The number of nitrogens with zero attached hydrogens (tertiary/aromatic N) is 3. The third-order valence-corrected chi connectivity index (χ3v) is 4.86. The highest BCUT2D eigenvalue weighted by atomic mass is 19.1. The highest BCUT2D eigenvalue weighted by Gasteiger charge is 2.22. The Balaban J connectivity index is 2.25. The first-order chi connectivity index (χ1) is 10.9. The molecule has 1 aromatic heterocycles. The first-order valence-electron chi connectivity index (χ1n) is 8.20. The molecule has 23 heavy (non-hydrogen) atoms. The first-order valence-corrected chi connectivity index (χ1v) is 8.20. The molecule has 0 atom stereocenters. The Bertz CT molecular complexity index is 804. The van der Waals surface area contributed by atoms with Gasteiger partial charge in [0.15, 0.2) is 5.43 Å². The van der Waals surface area contributed by atoms with Crippen LogP contribution in [0.3, 0.4) is 0 Å². The summed E-state index contributed by atoms with van der Waals surface area (Å²) in [6, 6.07) is 1.43. The Morgan fingerprint density at radius 1 is 1.17 bits per heavy atom. The molecule has 3 rings (SSSR count). The van der Waals surface area contributed by atoms with Gasteiger partial charge in [0, 0.05) is 49.9 Å². The first kappa shape index (κ1) is 16.0. The summed E-state index contributed by atoms with van der Waals surface area (Å²) in [6.45, 7) is 9.98. The molecule has 0 aliphatic carbocycles. The summed E-state index contributed by atoms with van der Waals surface area (Å²) >= 11 is 0. The van der Waals surface area contributed by atoms with Gasteiger partial charge in [-0.3, -0.25) is 4.79 Å². The second-order valence-electron chi connectivity index (χ2n) is 6.45. The van der Waals surface area contributed by atoms with Crippen molar-refractivity contribution >= 4 is 16.6 Å². The molecular weight excluding hydrogens is 293 g/mol. The van der Waals surface area contributed by atoms with Crippen molar-refractivity contribution in [1.82, 2.24) is 9.47 Å². The standard InChI is InChI=1S/C18H24FN3O/c1-5-21-11-12(2)18(23)14-10-15(19)17(13(3)16(14)21)22-8-6-20(4)7-9-22/h10-11H,5-9H2,1-4H3. The third-order valence-electron chi connectivity index (χ3n) is 4.86. The van der Waals surface area contributed by atoms with Gasteiger partial charge in [0.25, 0.3) is 0 Å². The van der Waals surface area contributed by atoms with Crippen LogP contribution in [0.15, 0.2) is 17.1 Å². The molecule has 1 fully saturated rings. The van der Waals surface area contributed by atoms with E-state index in [4.69, 9.17) is 0 Å². The predicted octanol–water partition coefficient (Wildman–Crippen LogP) is 2.53. The molecular formula is C18H24FN3O. The topological polar surface area (TPSA) is 28.5 Å². The van der Waals surface area contributed by atoms with E-state index in [0.29, 0.717) is 16.6 Å². The van der Waals surface area contributed by atoms with Crippen LogP contribution in [0.5, 0.6) is 0 Å².